The number of aromatic nitrogens is 1. The number of carbonyl (C=O) groups excluding carboxylic acids is 1. The number of hydrogen-bond donors (Lipinski definition) is 1. The fourth-order valence-corrected chi connectivity index (χ4v) is 3.36. The van der Waals surface area contributed by atoms with Crippen LogP contribution >= 0.6 is 0 Å². The molecule has 0 saturated carbocycles. The number of morpholine rings is 1. The van der Waals surface area contributed by atoms with Gasteiger partial charge in [0.2, 0.25) is 0 Å². The van der Waals surface area contributed by atoms with Crippen molar-refractivity contribution in [2.24, 2.45) is 0 Å². The number of rotatable bonds is 3. The van der Waals surface area contributed by atoms with Gasteiger partial charge in [-0.25, -0.2) is 4.79 Å². The summed E-state index contributed by atoms with van der Waals surface area (Å²) in [5.74, 6) is 0. The lowest BCUT2D eigenvalue weighted by Gasteiger charge is -2.44. The van der Waals surface area contributed by atoms with Crippen LogP contribution in [0, 0.1) is 0 Å². The van der Waals surface area contributed by atoms with Gasteiger partial charge >= 0.3 is 6.03 Å². The van der Waals surface area contributed by atoms with Gasteiger partial charge in [0, 0.05) is 37.5 Å². The second-order valence-corrected chi connectivity index (χ2v) is 7.39. The molecular formula is C18H27N3O3. The van der Waals surface area contributed by atoms with Gasteiger partial charge in [-0.1, -0.05) is 19.9 Å². The van der Waals surface area contributed by atoms with Crippen molar-refractivity contribution in [1.82, 2.24) is 15.2 Å². The average Bonchev–Trinajstić information content (AvgIpc) is 2.61. The molecule has 3 rings (SSSR count). The van der Waals surface area contributed by atoms with E-state index in [9.17, 15) is 4.79 Å². The van der Waals surface area contributed by atoms with E-state index in [1.165, 1.54) is 0 Å². The van der Waals surface area contributed by atoms with Crippen LogP contribution < -0.4 is 5.32 Å². The molecule has 132 valence electrons. The molecule has 1 aromatic heterocycles. The van der Waals surface area contributed by atoms with Gasteiger partial charge in [0.25, 0.3) is 0 Å². The molecule has 2 fully saturated rings. The largest absolute Gasteiger partial charge is 0.378 e. The minimum absolute atomic E-state index is 0.0276. The van der Waals surface area contributed by atoms with Gasteiger partial charge in [-0.2, -0.15) is 0 Å². The quantitative estimate of drug-likeness (QED) is 0.918. The summed E-state index contributed by atoms with van der Waals surface area (Å²) in [7, 11) is 0. The van der Waals surface area contributed by atoms with E-state index in [4.69, 9.17) is 9.47 Å². The first-order chi connectivity index (χ1) is 11.5. The molecule has 6 nitrogen and oxygen atoms in total. The van der Waals surface area contributed by atoms with Gasteiger partial charge < -0.3 is 19.7 Å². The van der Waals surface area contributed by atoms with Crippen molar-refractivity contribution in [2.45, 2.75) is 37.7 Å². The Hall–Kier alpha value is -1.66. The molecule has 1 spiro atoms. The maximum absolute atomic E-state index is 12.6. The zero-order valence-electron chi connectivity index (χ0n) is 14.6. The second-order valence-electron chi connectivity index (χ2n) is 7.39. The van der Waals surface area contributed by atoms with Gasteiger partial charge in [-0.05, 0) is 24.5 Å². The van der Waals surface area contributed by atoms with Crippen LogP contribution in [-0.4, -0.2) is 61.0 Å². The van der Waals surface area contributed by atoms with Crippen molar-refractivity contribution in [1.29, 1.82) is 0 Å². The number of nitrogens with zero attached hydrogens (tertiary/aromatic N) is 2. The van der Waals surface area contributed by atoms with Crippen LogP contribution in [0.4, 0.5) is 4.79 Å². The van der Waals surface area contributed by atoms with Crippen LogP contribution in [0.1, 0.15) is 32.3 Å². The summed E-state index contributed by atoms with van der Waals surface area (Å²) >= 11 is 0. The van der Waals surface area contributed by atoms with Crippen LogP contribution in [0.2, 0.25) is 0 Å². The predicted octanol–water partition coefficient (Wildman–Crippen LogP) is 1.95. The molecule has 0 aliphatic carbocycles. The third-order valence-corrected chi connectivity index (χ3v) is 4.95. The van der Waals surface area contributed by atoms with E-state index in [1.54, 1.807) is 6.20 Å². The number of hydrogen-bond acceptors (Lipinski definition) is 4. The van der Waals surface area contributed by atoms with Crippen LogP contribution in [-0.2, 0) is 14.9 Å². The molecular weight excluding hydrogens is 306 g/mol. The van der Waals surface area contributed by atoms with E-state index in [0.717, 1.165) is 25.0 Å². The first-order valence-corrected chi connectivity index (χ1v) is 8.66. The zero-order valence-corrected chi connectivity index (χ0v) is 14.6. The van der Waals surface area contributed by atoms with Crippen molar-refractivity contribution in [3.8, 4) is 0 Å². The van der Waals surface area contributed by atoms with Gasteiger partial charge in [-0.3, -0.25) is 4.98 Å². The van der Waals surface area contributed by atoms with Crippen LogP contribution in [0.25, 0.3) is 0 Å². The topological polar surface area (TPSA) is 63.7 Å². The lowest BCUT2D eigenvalue weighted by atomic mass is 9.86. The summed E-state index contributed by atoms with van der Waals surface area (Å²) in [5.41, 5.74) is 0.638. The molecule has 3 heterocycles. The molecule has 2 aliphatic rings. The van der Waals surface area contributed by atoms with Gasteiger partial charge in [0.15, 0.2) is 0 Å². The molecule has 1 N–H and O–H groups in total. The van der Waals surface area contributed by atoms with E-state index >= 15 is 0 Å². The SMILES string of the molecule is CC(C)(CNC(=O)N1CCOC2(CCCOC2)C1)c1cccnc1. The standard InChI is InChI=1S/C18H27N3O3/c1-17(2,15-5-3-7-19-11-15)12-20-16(22)21-8-10-24-18(13-21)6-4-9-23-14-18/h3,5,7,11H,4,6,8-10,12-14H2,1-2H3,(H,20,22). The molecule has 1 unspecified atom stereocenters. The van der Waals surface area contributed by atoms with Crippen LogP contribution in [0.3, 0.4) is 0 Å². The average molecular weight is 333 g/mol. The number of amides is 2. The Morgan fingerprint density at radius 1 is 1.46 bits per heavy atom. The number of ether oxygens (including phenoxy) is 2. The molecule has 24 heavy (non-hydrogen) atoms. The molecule has 0 aromatic carbocycles. The first-order valence-electron chi connectivity index (χ1n) is 8.66. The Kier molecular flexibility index (Phi) is 5.06. The Morgan fingerprint density at radius 3 is 3.04 bits per heavy atom. The van der Waals surface area contributed by atoms with E-state index in [-0.39, 0.29) is 17.0 Å². The lowest BCUT2D eigenvalue weighted by Crippen LogP contribution is -2.59. The number of nitrogens with one attached hydrogen (secondary N) is 1. The highest BCUT2D eigenvalue weighted by Crippen LogP contribution is 2.28. The summed E-state index contributed by atoms with van der Waals surface area (Å²) in [5, 5.41) is 3.08. The number of pyridine rings is 1. The smallest absolute Gasteiger partial charge is 0.317 e. The highest BCUT2D eigenvalue weighted by atomic mass is 16.5. The van der Waals surface area contributed by atoms with Gasteiger partial charge in [0.1, 0.15) is 5.60 Å². The lowest BCUT2D eigenvalue weighted by molar-refractivity contribution is -0.160. The van der Waals surface area contributed by atoms with E-state index in [1.807, 2.05) is 23.2 Å². The van der Waals surface area contributed by atoms with Crippen molar-refractivity contribution in [3.05, 3.63) is 30.1 Å². The molecule has 0 radical (unpaired) electrons. The summed E-state index contributed by atoms with van der Waals surface area (Å²) < 4.78 is 11.5. The highest BCUT2D eigenvalue weighted by molar-refractivity contribution is 5.74. The molecule has 2 amide bonds. The summed E-state index contributed by atoms with van der Waals surface area (Å²) in [6.45, 7) is 7.96. The fourth-order valence-electron chi connectivity index (χ4n) is 3.36. The highest BCUT2D eigenvalue weighted by Gasteiger charge is 2.40. The van der Waals surface area contributed by atoms with Gasteiger partial charge in [-0.15, -0.1) is 0 Å². The Morgan fingerprint density at radius 2 is 2.33 bits per heavy atom. The van der Waals surface area contributed by atoms with E-state index < -0.39 is 0 Å². The Labute approximate surface area is 143 Å². The van der Waals surface area contributed by atoms with Crippen molar-refractivity contribution in [2.75, 3.05) is 39.5 Å². The predicted molar refractivity (Wildman–Crippen MR) is 91.0 cm³/mol. The monoisotopic (exact) mass is 333 g/mol. The molecule has 6 heteroatoms. The van der Waals surface area contributed by atoms with Gasteiger partial charge in [0.05, 0.1) is 19.8 Å². The third-order valence-electron chi connectivity index (χ3n) is 4.95. The summed E-state index contributed by atoms with van der Waals surface area (Å²) in [6, 6.07) is 3.94. The second kappa shape index (κ2) is 7.07. The zero-order chi connectivity index (χ0) is 17.0. The normalized spacial score (nSPS) is 24.8. The number of carbonyl (C=O) groups is 1. The van der Waals surface area contributed by atoms with Crippen LogP contribution in [0.15, 0.2) is 24.5 Å². The number of urea groups is 1. The van der Waals surface area contributed by atoms with Crippen LogP contribution in [0.5, 0.6) is 0 Å². The summed E-state index contributed by atoms with van der Waals surface area (Å²) in [6.07, 6.45) is 5.56. The molecule has 1 aromatic rings. The third kappa shape index (κ3) is 3.87. The summed E-state index contributed by atoms with van der Waals surface area (Å²) in [4.78, 5) is 18.6. The fraction of sp³-hybridized carbons (Fsp3) is 0.667. The minimum atomic E-state index is -0.313. The van der Waals surface area contributed by atoms with Crippen molar-refractivity contribution < 1.29 is 14.3 Å². The van der Waals surface area contributed by atoms with E-state index in [2.05, 4.69) is 24.1 Å². The minimum Gasteiger partial charge on any atom is -0.378 e. The molecule has 1 atom stereocenters. The van der Waals surface area contributed by atoms with E-state index in [0.29, 0.717) is 32.8 Å². The van der Waals surface area contributed by atoms with Crippen molar-refractivity contribution >= 4 is 6.03 Å². The van der Waals surface area contributed by atoms with Crippen molar-refractivity contribution in [3.63, 3.8) is 0 Å². The first kappa shape index (κ1) is 17.2. The molecule has 2 saturated heterocycles. The Bertz CT molecular complexity index is 550. The molecule has 2 aliphatic heterocycles. The maximum Gasteiger partial charge on any atom is 0.317 e. The Balaban J connectivity index is 1.56. The maximum atomic E-state index is 12.6. The molecule has 0 bridgehead atoms.